The highest BCUT2D eigenvalue weighted by Crippen LogP contribution is 2.36. The van der Waals surface area contributed by atoms with E-state index in [-0.39, 0.29) is 0 Å². The van der Waals surface area contributed by atoms with E-state index in [2.05, 4.69) is 16.7 Å². The first-order chi connectivity index (χ1) is 2.97. The van der Waals surface area contributed by atoms with E-state index in [9.17, 15) is 0 Å². The van der Waals surface area contributed by atoms with Crippen LogP contribution < -0.4 is 0 Å². The van der Waals surface area contributed by atoms with Crippen molar-refractivity contribution in [3.8, 4) is 0 Å². The van der Waals surface area contributed by atoms with Gasteiger partial charge in [0.25, 0.3) is 0 Å². The highest BCUT2D eigenvalue weighted by molar-refractivity contribution is 8.06. The molecule has 0 N–H and O–H groups in total. The van der Waals surface area contributed by atoms with Crippen LogP contribution in [0.2, 0.25) is 0 Å². The molecule has 0 aromatic carbocycles. The summed E-state index contributed by atoms with van der Waals surface area (Å²) >= 11 is 2.06. The van der Waals surface area contributed by atoms with Gasteiger partial charge < -0.3 is 0 Å². The predicted molar refractivity (Wildman–Crippen MR) is 27.8 cm³/mol. The van der Waals surface area contributed by atoms with E-state index in [1.54, 1.807) is 0 Å². The van der Waals surface area contributed by atoms with Crippen LogP contribution in [0.4, 0.5) is 0 Å². The Morgan fingerprint density at radius 1 is 1.50 bits per heavy atom. The Balaban J connectivity index is 1.92. The molecule has 2 aliphatic heterocycles. The number of nitrogens with zero attached hydrogens (tertiary/aromatic N) is 1. The molecule has 0 amide bonds. The van der Waals surface area contributed by atoms with Gasteiger partial charge in [-0.1, -0.05) is 0 Å². The summed E-state index contributed by atoms with van der Waals surface area (Å²) in [6.45, 7) is 2.75. The Labute approximate surface area is 41.7 Å². The molecule has 1 unspecified atom stereocenters. The Kier molecular flexibility index (Phi) is 0.515. The van der Waals surface area contributed by atoms with Crippen LogP contribution in [0.25, 0.3) is 0 Å². The molecule has 1 atom stereocenters. The third-order valence-electron chi connectivity index (χ3n) is 1.20. The molecule has 0 radical (unpaired) electrons. The zero-order valence-corrected chi connectivity index (χ0v) is 4.37. The fourth-order valence-corrected chi connectivity index (χ4v) is 1.32. The van der Waals surface area contributed by atoms with Gasteiger partial charge in [0.05, 0.1) is 5.37 Å². The summed E-state index contributed by atoms with van der Waals surface area (Å²) in [5.41, 5.74) is 0. The normalized spacial score (nSPS) is 43.0. The summed E-state index contributed by atoms with van der Waals surface area (Å²) in [4.78, 5) is 2.49. The largest absolute Gasteiger partial charge is 0.288 e. The zero-order valence-electron chi connectivity index (χ0n) is 3.55. The average Bonchev–Trinajstić information content (AvgIpc) is 2.26. The van der Waals surface area contributed by atoms with Crippen molar-refractivity contribution >= 4 is 11.8 Å². The van der Waals surface area contributed by atoms with Crippen molar-refractivity contribution in [1.82, 2.24) is 4.90 Å². The van der Waals surface area contributed by atoms with Gasteiger partial charge >= 0.3 is 0 Å². The lowest BCUT2D eigenvalue weighted by Crippen LogP contribution is -1.96. The second kappa shape index (κ2) is 0.928. The molecule has 2 saturated heterocycles. The van der Waals surface area contributed by atoms with Crippen LogP contribution in [-0.2, 0) is 0 Å². The molecule has 0 bridgehead atoms. The summed E-state index contributed by atoms with van der Waals surface area (Å²) in [5, 5.41) is 0.963. The number of thioether (sulfide) groups is 1. The molecule has 0 saturated carbocycles. The molecule has 0 spiro atoms. The van der Waals surface area contributed by atoms with E-state index in [0.717, 1.165) is 5.37 Å². The van der Waals surface area contributed by atoms with Crippen LogP contribution in [-0.4, -0.2) is 29.1 Å². The molecule has 2 fully saturated rings. The van der Waals surface area contributed by atoms with E-state index in [1.807, 2.05) is 0 Å². The molecular formula is C4H7NS. The van der Waals surface area contributed by atoms with Crippen molar-refractivity contribution in [3.05, 3.63) is 0 Å². The molecule has 34 valence electrons. The maximum atomic E-state index is 2.49. The highest BCUT2D eigenvalue weighted by atomic mass is 32.2. The maximum Gasteiger partial charge on any atom is 0.0651 e. The van der Waals surface area contributed by atoms with E-state index >= 15 is 0 Å². The Morgan fingerprint density at radius 2 is 2.17 bits per heavy atom. The zero-order chi connectivity index (χ0) is 3.98. The van der Waals surface area contributed by atoms with Gasteiger partial charge in [-0.15, -0.1) is 11.8 Å². The van der Waals surface area contributed by atoms with Crippen LogP contribution in [0.3, 0.4) is 0 Å². The van der Waals surface area contributed by atoms with Crippen LogP contribution in [0.15, 0.2) is 0 Å². The van der Waals surface area contributed by atoms with Gasteiger partial charge in [0.2, 0.25) is 0 Å². The summed E-state index contributed by atoms with van der Waals surface area (Å²) in [7, 11) is 0. The molecule has 2 aliphatic rings. The van der Waals surface area contributed by atoms with Gasteiger partial charge in [-0.3, -0.25) is 4.90 Å². The summed E-state index contributed by atoms with van der Waals surface area (Å²) < 4.78 is 0. The van der Waals surface area contributed by atoms with Crippen LogP contribution in [0.5, 0.6) is 0 Å². The molecule has 0 aliphatic carbocycles. The molecule has 2 rings (SSSR count). The molecule has 6 heavy (non-hydrogen) atoms. The Hall–Kier alpha value is 0.310. The monoisotopic (exact) mass is 101 g/mol. The lowest BCUT2D eigenvalue weighted by molar-refractivity contribution is 0.594. The molecule has 0 aromatic rings. The third kappa shape index (κ3) is 0.444. The van der Waals surface area contributed by atoms with Crippen molar-refractivity contribution in [3.63, 3.8) is 0 Å². The minimum Gasteiger partial charge on any atom is -0.288 e. The quantitative estimate of drug-likeness (QED) is 0.439. The smallest absolute Gasteiger partial charge is 0.0651 e. The highest BCUT2D eigenvalue weighted by Gasteiger charge is 2.36. The van der Waals surface area contributed by atoms with Crippen LogP contribution in [0.1, 0.15) is 0 Å². The van der Waals surface area contributed by atoms with Gasteiger partial charge in [0.15, 0.2) is 0 Å². The SMILES string of the molecule is C1SC1N1CC1. The number of hydrogen-bond donors (Lipinski definition) is 0. The van der Waals surface area contributed by atoms with Gasteiger partial charge in [-0.25, -0.2) is 0 Å². The number of hydrogen-bond acceptors (Lipinski definition) is 2. The first-order valence-electron chi connectivity index (χ1n) is 2.32. The number of rotatable bonds is 1. The minimum absolute atomic E-state index is 0.963. The topological polar surface area (TPSA) is 3.01 Å². The molecular weight excluding hydrogens is 94.1 g/mol. The van der Waals surface area contributed by atoms with Crippen molar-refractivity contribution in [2.45, 2.75) is 5.37 Å². The third-order valence-corrected chi connectivity index (χ3v) is 2.13. The van der Waals surface area contributed by atoms with Crippen LogP contribution >= 0.6 is 11.8 Å². The lowest BCUT2D eigenvalue weighted by atomic mass is 10.8. The van der Waals surface area contributed by atoms with Crippen molar-refractivity contribution < 1.29 is 0 Å². The van der Waals surface area contributed by atoms with E-state index in [1.165, 1.54) is 18.8 Å². The summed E-state index contributed by atoms with van der Waals surface area (Å²) in [5.74, 6) is 1.40. The van der Waals surface area contributed by atoms with Gasteiger partial charge in [-0.05, 0) is 0 Å². The first-order valence-corrected chi connectivity index (χ1v) is 3.37. The van der Waals surface area contributed by atoms with Crippen molar-refractivity contribution in [2.75, 3.05) is 18.8 Å². The fraction of sp³-hybridized carbons (Fsp3) is 1.00. The fourth-order valence-electron chi connectivity index (χ4n) is 0.600. The average molecular weight is 101 g/mol. The molecule has 2 heteroatoms. The predicted octanol–water partition coefficient (Wildman–Crippen LogP) is 0.375. The standard InChI is InChI=1S/C4H7NS/c1-2-5(1)4-3-6-4/h4H,1-3H2. The van der Waals surface area contributed by atoms with E-state index in [0.29, 0.717) is 0 Å². The van der Waals surface area contributed by atoms with Crippen molar-refractivity contribution in [2.24, 2.45) is 0 Å². The van der Waals surface area contributed by atoms with Crippen molar-refractivity contribution in [1.29, 1.82) is 0 Å². The molecule has 1 nitrogen and oxygen atoms in total. The second-order valence-corrected chi connectivity index (χ2v) is 3.03. The maximum absolute atomic E-state index is 2.49. The van der Waals surface area contributed by atoms with Gasteiger partial charge in [0, 0.05) is 18.8 Å². The molecule has 2 heterocycles. The summed E-state index contributed by atoms with van der Waals surface area (Å²) in [6, 6.07) is 0. The van der Waals surface area contributed by atoms with E-state index in [4.69, 9.17) is 0 Å². The van der Waals surface area contributed by atoms with Crippen LogP contribution in [0, 0.1) is 0 Å². The summed E-state index contributed by atoms with van der Waals surface area (Å²) in [6.07, 6.45) is 0. The lowest BCUT2D eigenvalue weighted by Gasteiger charge is -1.84. The second-order valence-electron chi connectivity index (χ2n) is 1.82. The van der Waals surface area contributed by atoms with E-state index < -0.39 is 0 Å². The Bertz CT molecular complexity index is 55.9. The van der Waals surface area contributed by atoms with Gasteiger partial charge in [-0.2, -0.15) is 0 Å². The minimum atomic E-state index is 0.963. The van der Waals surface area contributed by atoms with Gasteiger partial charge in [0.1, 0.15) is 0 Å². The first kappa shape index (κ1) is 3.33. The Morgan fingerprint density at radius 3 is 2.33 bits per heavy atom. The molecule has 0 aromatic heterocycles.